The van der Waals surface area contributed by atoms with E-state index >= 15 is 0 Å². The number of aryl methyl sites for hydroxylation is 2. The van der Waals surface area contributed by atoms with Gasteiger partial charge in [0.1, 0.15) is 17.1 Å². The van der Waals surface area contributed by atoms with Crippen molar-refractivity contribution in [2.75, 3.05) is 27.3 Å². The number of hydrogen-bond acceptors (Lipinski definition) is 8. The first kappa shape index (κ1) is 31.9. The molecule has 0 spiro atoms. The van der Waals surface area contributed by atoms with Gasteiger partial charge in [-0.15, -0.1) is 0 Å². The van der Waals surface area contributed by atoms with E-state index in [0.29, 0.717) is 30.2 Å². The van der Waals surface area contributed by atoms with Crippen molar-refractivity contribution in [3.8, 4) is 28.7 Å². The van der Waals surface area contributed by atoms with E-state index in [1.54, 1.807) is 26.8 Å². The number of fused-ring (bicyclic) bond motifs is 1. The van der Waals surface area contributed by atoms with Crippen molar-refractivity contribution >= 4 is 16.9 Å². The normalized spacial score (nSPS) is 14.0. The predicted octanol–water partition coefficient (Wildman–Crippen LogP) is 7.75. The first-order chi connectivity index (χ1) is 21.4. The van der Waals surface area contributed by atoms with E-state index in [1.165, 1.54) is 44.6 Å². The summed E-state index contributed by atoms with van der Waals surface area (Å²) in [5.41, 5.74) is 1.13. The number of rotatable bonds is 8. The van der Waals surface area contributed by atoms with E-state index in [-0.39, 0.29) is 40.1 Å². The second-order valence-electron chi connectivity index (χ2n) is 11.1. The Balaban J connectivity index is 1.66. The van der Waals surface area contributed by atoms with Crippen LogP contribution in [0.3, 0.4) is 0 Å². The lowest BCUT2D eigenvalue weighted by Gasteiger charge is -2.27. The van der Waals surface area contributed by atoms with E-state index < -0.39 is 29.1 Å². The van der Waals surface area contributed by atoms with Crippen molar-refractivity contribution in [3.63, 3.8) is 0 Å². The molecule has 0 atom stereocenters. The molecule has 2 heterocycles. The van der Waals surface area contributed by atoms with Crippen LogP contribution in [-0.2, 0) is 12.7 Å². The fraction of sp³-hybridized carbons (Fsp3) is 0.353. The van der Waals surface area contributed by atoms with E-state index in [2.05, 4.69) is 0 Å². The van der Waals surface area contributed by atoms with E-state index in [9.17, 15) is 22.8 Å². The average Bonchev–Trinajstić information content (AvgIpc) is 3.01. The van der Waals surface area contributed by atoms with Crippen LogP contribution in [0, 0.1) is 20.8 Å². The summed E-state index contributed by atoms with van der Waals surface area (Å²) < 4.78 is 71.2. The number of nitrogens with zero attached hydrogens (tertiary/aromatic N) is 1. The molecule has 0 bridgehead atoms. The predicted molar refractivity (Wildman–Crippen MR) is 162 cm³/mol. The molecule has 0 unspecified atom stereocenters. The highest BCUT2D eigenvalue weighted by molar-refractivity contribution is 5.93. The molecule has 1 fully saturated rings. The fourth-order valence-electron chi connectivity index (χ4n) is 5.48. The van der Waals surface area contributed by atoms with Crippen molar-refractivity contribution in [1.29, 1.82) is 0 Å². The number of alkyl halides is 3. The number of hydrogen-bond donors (Lipinski definition) is 0. The largest absolute Gasteiger partial charge is 0.493 e. The van der Waals surface area contributed by atoms with Crippen LogP contribution in [0.25, 0.3) is 11.0 Å². The van der Waals surface area contributed by atoms with Gasteiger partial charge in [0.2, 0.25) is 11.2 Å². The zero-order valence-corrected chi connectivity index (χ0v) is 25.7. The molecule has 11 heteroatoms. The van der Waals surface area contributed by atoms with Gasteiger partial charge in [-0.2, -0.15) is 13.2 Å². The Morgan fingerprint density at radius 2 is 1.58 bits per heavy atom. The van der Waals surface area contributed by atoms with E-state index in [1.807, 2.05) is 11.0 Å². The number of likely N-dealkylation sites (tertiary alicyclic amines) is 1. The van der Waals surface area contributed by atoms with Crippen LogP contribution in [0.2, 0.25) is 0 Å². The summed E-state index contributed by atoms with van der Waals surface area (Å²) in [5.74, 6) is -2.50. The molecular weight excluding hydrogens is 591 g/mol. The maximum absolute atomic E-state index is 14.5. The molecule has 1 saturated heterocycles. The SMILES string of the molecule is COc1ccc(C(=O)Oc2ccc3c(=O)c(Oc4cc(C)cc(C)c4C)c(C(F)(F)F)oc3c2CN2CCCCC2)cc1OC. The number of piperidine rings is 1. The highest BCUT2D eigenvalue weighted by atomic mass is 19.4. The van der Waals surface area contributed by atoms with Gasteiger partial charge in [0.15, 0.2) is 11.5 Å². The molecule has 5 rings (SSSR count). The van der Waals surface area contributed by atoms with Crippen molar-refractivity contribution in [3.05, 3.63) is 86.3 Å². The van der Waals surface area contributed by atoms with Crippen molar-refractivity contribution in [2.24, 2.45) is 0 Å². The van der Waals surface area contributed by atoms with Crippen LogP contribution >= 0.6 is 0 Å². The summed E-state index contributed by atoms with van der Waals surface area (Å²) in [4.78, 5) is 29.1. The molecular formula is C34H34F3NO7. The smallest absolute Gasteiger partial charge is 0.453 e. The molecule has 1 aromatic heterocycles. The Bertz CT molecular complexity index is 1810. The molecule has 0 aliphatic carbocycles. The zero-order valence-electron chi connectivity index (χ0n) is 25.7. The fourth-order valence-corrected chi connectivity index (χ4v) is 5.48. The van der Waals surface area contributed by atoms with E-state index in [0.717, 1.165) is 30.4 Å². The van der Waals surface area contributed by atoms with Gasteiger partial charge in [0.25, 0.3) is 5.76 Å². The van der Waals surface area contributed by atoms with Crippen molar-refractivity contribution in [1.82, 2.24) is 4.90 Å². The third-order valence-electron chi connectivity index (χ3n) is 7.96. The van der Waals surface area contributed by atoms with E-state index in [4.69, 9.17) is 23.4 Å². The zero-order chi connectivity index (χ0) is 32.5. The first-order valence-corrected chi connectivity index (χ1v) is 14.5. The van der Waals surface area contributed by atoms with Crippen LogP contribution in [0.4, 0.5) is 13.2 Å². The highest BCUT2D eigenvalue weighted by Gasteiger charge is 2.41. The number of esters is 1. The molecule has 0 saturated carbocycles. The van der Waals surface area contributed by atoms with Crippen LogP contribution in [0.1, 0.15) is 57.6 Å². The summed E-state index contributed by atoms with van der Waals surface area (Å²) in [5, 5.41) is -0.127. The molecule has 0 N–H and O–H groups in total. The Morgan fingerprint density at radius 3 is 2.24 bits per heavy atom. The van der Waals surface area contributed by atoms with Gasteiger partial charge in [-0.3, -0.25) is 9.69 Å². The lowest BCUT2D eigenvalue weighted by Crippen LogP contribution is -2.29. The second-order valence-corrected chi connectivity index (χ2v) is 11.1. The van der Waals surface area contributed by atoms with Crippen molar-refractivity contribution < 1.29 is 41.3 Å². The third kappa shape index (κ3) is 6.63. The molecule has 0 amide bonds. The monoisotopic (exact) mass is 625 g/mol. The third-order valence-corrected chi connectivity index (χ3v) is 7.96. The minimum atomic E-state index is -5.07. The number of benzene rings is 3. The summed E-state index contributed by atoms with van der Waals surface area (Å²) >= 11 is 0. The lowest BCUT2D eigenvalue weighted by atomic mass is 10.0. The van der Waals surface area contributed by atoms with Gasteiger partial charge in [-0.05, 0) is 99.8 Å². The van der Waals surface area contributed by atoms with Crippen LogP contribution in [0.15, 0.2) is 51.7 Å². The molecule has 4 aromatic rings. The summed E-state index contributed by atoms with van der Waals surface area (Å²) in [7, 11) is 2.88. The quantitative estimate of drug-likeness (QED) is 0.145. The molecule has 1 aliphatic heterocycles. The molecule has 1 aliphatic rings. The lowest BCUT2D eigenvalue weighted by molar-refractivity contribution is -0.154. The van der Waals surface area contributed by atoms with Gasteiger partial charge in [-0.25, -0.2) is 4.79 Å². The van der Waals surface area contributed by atoms with Gasteiger partial charge in [0, 0.05) is 6.54 Å². The standard InChI is InChI=1S/C34H34F3NO7/c1-19-15-20(2)21(3)27(16-19)43-31-29(39)23-10-12-25(44-33(40)22-9-11-26(41-4)28(17-22)42-5)24(18-38-13-7-6-8-14-38)30(23)45-32(31)34(35,36)37/h9-12,15-17H,6-8,13-14,18H2,1-5H3. The summed E-state index contributed by atoms with van der Waals surface area (Å²) in [6.45, 7) is 6.76. The molecule has 8 nitrogen and oxygen atoms in total. The maximum atomic E-state index is 14.5. The Labute approximate surface area is 258 Å². The molecule has 3 aromatic carbocycles. The Morgan fingerprint density at radius 1 is 0.889 bits per heavy atom. The summed E-state index contributed by atoms with van der Waals surface area (Å²) in [6, 6.07) is 10.6. The van der Waals surface area contributed by atoms with Crippen LogP contribution in [0.5, 0.6) is 28.7 Å². The van der Waals surface area contributed by atoms with Gasteiger partial charge in [-0.1, -0.05) is 12.5 Å². The Hall–Kier alpha value is -4.51. The first-order valence-electron chi connectivity index (χ1n) is 14.5. The minimum Gasteiger partial charge on any atom is -0.493 e. The number of carbonyl (C=O) groups is 1. The second kappa shape index (κ2) is 12.8. The number of ether oxygens (including phenoxy) is 4. The number of methoxy groups -OCH3 is 2. The van der Waals surface area contributed by atoms with Crippen LogP contribution < -0.4 is 24.4 Å². The minimum absolute atomic E-state index is 0.0250. The molecule has 238 valence electrons. The summed E-state index contributed by atoms with van der Waals surface area (Å²) in [6.07, 6.45) is -2.24. The number of halogens is 3. The van der Waals surface area contributed by atoms with Gasteiger partial charge in [0.05, 0.1) is 30.7 Å². The average molecular weight is 626 g/mol. The highest BCUT2D eigenvalue weighted by Crippen LogP contribution is 2.41. The number of carbonyl (C=O) groups excluding carboxylic acids is 1. The molecule has 0 radical (unpaired) electrons. The van der Waals surface area contributed by atoms with Crippen molar-refractivity contribution in [2.45, 2.75) is 52.8 Å². The molecule has 45 heavy (non-hydrogen) atoms. The maximum Gasteiger partial charge on any atom is 0.453 e. The Kier molecular flexibility index (Phi) is 9.11. The van der Waals surface area contributed by atoms with Crippen LogP contribution in [-0.4, -0.2) is 38.2 Å². The topological polar surface area (TPSA) is 87.4 Å². The van der Waals surface area contributed by atoms with Gasteiger partial charge >= 0.3 is 12.1 Å². The van der Waals surface area contributed by atoms with Gasteiger partial charge < -0.3 is 23.4 Å².